The Balaban J connectivity index is 1.90. The molecule has 1 amide bonds. The molecule has 2 aromatic carbocycles. The summed E-state index contributed by atoms with van der Waals surface area (Å²) in [4.78, 5) is 13.1. The molecule has 0 atom stereocenters. The standard InChI is InChI=1S/C19H20ClFN2O3S/c1-27(25,26)23-17-12-15(7-8-16(17)21)22-18(24)19(9-2-3-10-19)13-5-4-6-14(20)11-13/h4-8,11-12,23H,2-3,9-10H2,1H3,(H,22,24). The lowest BCUT2D eigenvalue weighted by molar-refractivity contribution is -0.121. The van der Waals surface area contributed by atoms with Crippen molar-refractivity contribution < 1.29 is 17.6 Å². The first-order chi connectivity index (χ1) is 12.7. The fourth-order valence-corrected chi connectivity index (χ4v) is 4.29. The van der Waals surface area contributed by atoms with Gasteiger partial charge in [0.2, 0.25) is 15.9 Å². The lowest BCUT2D eigenvalue weighted by atomic mass is 9.78. The van der Waals surface area contributed by atoms with Gasteiger partial charge in [-0.05, 0) is 48.7 Å². The fraction of sp³-hybridized carbons (Fsp3) is 0.316. The second-order valence-electron chi connectivity index (χ2n) is 6.82. The Morgan fingerprint density at radius 2 is 1.85 bits per heavy atom. The zero-order valence-corrected chi connectivity index (χ0v) is 16.3. The minimum absolute atomic E-state index is 0.209. The number of amides is 1. The van der Waals surface area contributed by atoms with E-state index in [1.165, 1.54) is 12.1 Å². The van der Waals surface area contributed by atoms with Crippen molar-refractivity contribution in [3.63, 3.8) is 0 Å². The average molecular weight is 411 g/mol. The molecule has 0 radical (unpaired) electrons. The minimum atomic E-state index is -3.64. The molecule has 27 heavy (non-hydrogen) atoms. The van der Waals surface area contributed by atoms with Crippen LogP contribution in [0.2, 0.25) is 5.02 Å². The van der Waals surface area contributed by atoms with Crippen LogP contribution in [0.25, 0.3) is 0 Å². The highest BCUT2D eigenvalue weighted by atomic mass is 35.5. The van der Waals surface area contributed by atoms with Crippen molar-refractivity contribution in [1.29, 1.82) is 0 Å². The number of halogens is 2. The zero-order valence-electron chi connectivity index (χ0n) is 14.8. The van der Waals surface area contributed by atoms with E-state index in [9.17, 15) is 17.6 Å². The van der Waals surface area contributed by atoms with Crippen molar-refractivity contribution in [2.24, 2.45) is 0 Å². The van der Waals surface area contributed by atoms with Gasteiger partial charge >= 0.3 is 0 Å². The number of carbonyl (C=O) groups excluding carboxylic acids is 1. The summed E-state index contributed by atoms with van der Waals surface area (Å²) in [5, 5.41) is 3.38. The molecule has 1 aliphatic rings. The first kappa shape index (κ1) is 19.6. The average Bonchev–Trinajstić information content (AvgIpc) is 3.08. The summed E-state index contributed by atoms with van der Waals surface area (Å²) in [5.41, 5.74) is 0.255. The summed E-state index contributed by atoms with van der Waals surface area (Å²) < 4.78 is 38.8. The van der Waals surface area contributed by atoms with Crippen molar-refractivity contribution in [3.05, 3.63) is 58.9 Å². The van der Waals surface area contributed by atoms with Crippen LogP contribution >= 0.6 is 11.6 Å². The van der Waals surface area contributed by atoms with Crippen LogP contribution in [0.1, 0.15) is 31.2 Å². The van der Waals surface area contributed by atoms with Crippen LogP contribution in [0.4, 0.5) is 15.8 Å². The number of hydrogen-bond acceptors (Lipinski definition) is 3. The maximum Gasteiger partial charge on any atom is 0.235 e. The van der Waals surface area contributed by atoms with E-state index in [1.54, 1.807) is 12.1 Å². The number of carbonyl (C=O) groups is 1. The van der Waals surface area contributed by atoms with E-state index in [0.29, 0.717) is 23.6 Å². The first-order valence-corrected chi connectivity index (χ1v) is 10.8. The molecule has 0 aliphatic heterocycles. The molecule has 1 aliphatic carbocycles. The third kappa shape index (κ3) is 4.42. The van der Waals surface area contributed by atoms with Gasteiger partial charge in [-0.25, -0.2) is 12.8 Å². The summed E-state index contributed by atoms with van der Waals surface area (Å²) in [6.07, 6.45) is 4.16. The Morgan fingerprint density at radius 1 is 1.15 bits per heavy atom. The molecule has 0 heterocycles. The molecule has 0 aromatic heterocycles. The van der Waals surface area contributed by atoms with Crippen molar-refractivity contribution in [3.8, 4) is 0 Å². The van der Waals surface area contributed by atoms with Gasteiger partial charge in [-0.1, -0.05) is 36.6 Å². The molecule has 0 saturated heterocycles. The van der Waals surface area contributed by atoms with Gasteiger partial charge in [0.15, 0.2) is 0 Å². The van der Waals surface area contributed by atoms with E-state index < -0.39 is 21.3 Å². The molecular formula is C19H20ClFN2O3S. The second-order valence-corrected chi connectivity index (χ2v) is 9.01. The van der Waals surface area contributed by atoms with Crippen LogP contribution in [0.5, 0.6) is 0 Å². The van der Waals surface area contributed by atoms with Crippen molar-refractivity contribution in [2.75, 3.05) is 16.3 Å². The van der Waals surface area contributed by atoms with E-state index >= 15 is 0 Å². The Labute approximate surface area is 163 Å². The summed E-state index contributed by atoms with van der Waals surface area (Å²) in [5.74, 6) is -0.928. The Kier molecular flexibility index (Phi) is 5.44. The summed E-state index contributed by atoms with van der Waals surface area (Å²) in [6.45, 7) is 0. The quantitative estimate of drug-likeness (QED) is 0.771. The SMILES string of the molecule is CS(=O)(=O)Nc1cc(NC(=O)C2(c3cccc(Cl)c3)CCCC2)ccc1F. The van der Waals surface area contributed by atoms with E-state index in [2.05, 4.69) is 10.0 Å². The Morgan fingerprint density at radius 3 is 2.48 bits per heavy atom. The molecule has 3 rings (SSSR count). The van der Waals surface area contributed by atoms with Crippen LogP contribution in [-0.2, 0) is 20.2 Å². The molecule has 0 spiro atoms. The smallest absolute Gasteiger partial charge is 0.235 e. The predicted molar refractivity (Wildman–Crippen MR) is 105 cm³/mol. The lowest BCUT2D eigenvalue weighted by Gasteiger charge is -2.28. The van der Waals surface area contributed by atoms with Crippen molar-refractivity contribution in [1.82, 2.24) is 0 Å². The number of anilines is 2. The van der Waals surface area contributed by atoms with E-state index in [4.69, 9.17) is 11.6 Å². The predicted octanol–water partition coefficient (Wildman–Crippen LogP) is 4.30. The summed E-state index contributed by atoms with van der Waals surface area (Å²) in [7, 11) is -3.64. The zero-order chi connectivity index (χ0) is 19.7. The van der Waals surface area contributed by atoms with Crippen LogP contribution in [-0.4, -0.2) is 20.6 Å². The van der Waals surface area contributed by atoms with Crippen LogP contribution < -0.4 is 10.0 Å². The summed E-state index contributed by atoms with van der Waals surface area (Å²) in [6, 6.07) is 11.1. The third-order valence-corrected chi connectivity index (χ3v) is 5.61. The van der Waals surface area contributed by atoms with Gasteiger partial charge in [-0.2, -0.15) is 0 Å². The van der Waals surface area contributed by atoms with E-state index in [0.717, 1.165) is 30.7 Å². The van der Waals surface area contributed by atoms with Crippen molar-refractivity contribution >= 4 is 38.9 Å². The lowest BCUT2D eigenvalue weighted by Crippen LogP contribution is -2.38. The molecule has 0 bridgehead atoms. The molecule has 1 fully saturated rings. The number of hydrogen-bond donors (Lipinski definition) is 2. The normalized spacial score (nSPS) is 16.1. The topological polar surface area (TPSA) is 75.3 Å². The largest absolute Gasteiger partial charge is 0.325 e. The molecule has 0 unspecified atom stereocenters. The highest BCUT2D eigenvalue weighted by Crippen LogP contribution is 2.42. The summed E-state index contributed by atoms with van der Waals surface area (Å²) >= 11 is 6.11. The van der Waals surface area contributed by atoms with Gasteiger partial charge in [0, 0.05) is 10.7 Å². The van der Waals surface area contributed by atoms with Crippen LogP contribution in [0, 0.1) is 5.82 Å². The number of nitrogens with one attached hydrogen (secondary N) is 2. The minimum Gasteiger partial charge on any atom is -0.325 e. The number of rotatable bonds is 5. The number of benzene rings is 2. The van der Waals surface area contributed by atoms with Crippen molar-refractivity contribution in [2.45, 2.75) is 31.1 Å². The van der Waals surface area contributed by atoms with E-state index in [-0.39, 0.29) is 11.6 Å². The highest BCUT2D eigenvalue weighted by molar-refractivity contribution is 7.92. The Bertz CT molecular complexity index is 973. The van der Waals surface area contributed by atoms with Gasteiger partial charge in [-0.15, -0.1) is 0 Å². The molecular weight excluding hydrogens is 391 g/mol. The van der Waals surface area contributed by atoms with Gasteiger partial charge < -0.3 is 5.32 Å². The monoisotopic (exact) mass is 410 g/mol. The highest BCUT2D eigenvalue weighted by Gasteiger charge is 2.42. The molecule has 1 saturated carbocycles. The molecule has 2 N–H and O–H groups in total. The molecule has 2 aromatic rings. The van der Waals surface area contributed by atoms with Gasteiger partial charge in [-0.3, -0.25) is 9.52 Å². The third-order valence-electron chi connectivity index (χ3n) is 4.79. The number of sulfonamides is 1. The Hall–Kier alpha value is -2.12. The van der Waals surface area contributed by atoms with E-state index in [1.807, 2.05) is 12.1 Å². The molecule has 5 nitrogen and oxygen atoms in total. The fourth-order valence-electron chi connectivity index (χ4n) is 3.54. The van der Waals surface area contributed by atoms with Gasteiger partial charge in [0.25, 0.3) is 0 Å². The molecule has 8 heteroatoms. The van der Waals surface area contributed by atoms with Crippen LogP contribution in [0.15, 0.2) is 42.5 Å². The second kappa shape index (κ2) is 7.48. The maximum absolute atomic E-state index is 13.9. The molecule has 144 valence electrons. The van der Waals surface area contributed by atoms with Crippen LogP contribution in [0.3, 0.4) is 0 Å². The maximum atomic E-state index is 13.9. The first-order valence-electron chi connectivity index (χ1n) is 8.54. The van der Waals surface area contributed by atoms with Gasteiger partial charge in [0.05, 0.1) is 17.4 Å². The van der Waals surface area contributed by atoms with Gasteiger partial charge in [0.1, 0.15) is 5.82 Å².